The van der Waals surface area contributed by atoms with Gasteiger partial charge >= 0.3 is 0 Å². The van der Waals surface area contributed by atoms with E-state index in [0.717, 1.165) is 66.1 Å². The SMILES string of the molecule is c1ccc(-c2ccc(-c3c4ccccc4c(-c4oc5cc6oc7ccccc7c6cc5c4-c4ccccc4)c4ccccc34)cc2)cc1. The van der Waals surface area contributed by atoms with E-state index >= 15 is 0 Å². The second-order valence-electron chi connectivity index (χ2n) is 12.4. The monoisotopic (exact) mass is 612 g/mol. The Morgan fingerprint density at radius 1 is 0.250 bits per heavy atom. The van der Waals surface area contributed by atoms with Crippen molar-refractivity contribution in [3.8, 4) is 44.7 Å². The second-order valence-corrected chi connectivity index (χ2v) is 12.4. The van der Waals surface area contributed by atoms with Crippen molar-refractivity contribution in [2.45, 2.75) is 0 Å². The van der Waals surface area contributed by atoms with E-state index in [9.17, 15) is 0 Å². The fraction of sp³-hybridized carbons (Fsp3) is 0. The third-order valence-corrected chi connectivity index (χ3v) is 9.69. The molecule has 224 valence electrons. The van der Waals surface area contributed by atoms with Crippen LogP contribution in [0.2, 0.25) is 0 Å². The third-order valence-electron chi connectivity index (χ3n) is 9.69. The summed E-state index contributed by atoms with van der Waals surface area (Å²) in [5, 5.41) is 7.97. The number of fused-ring (bicyclic) bond motifs is 6. The van der Waals surface area contributed by atoms with Crippen LogP contribution < -0.4 is 0 Å². The lowest BCUT2D eigenvalue weighted by Crippen LogP contribution is -1.91. The number of para-hydroxylation sites is 1. The first-order valence-corrected chi connectivity index (χ1v) is 16.3. The van der Waals surface area contributed by atoms with Crippen LogP contribution in [0.3, 0.4) is 0 Å². The molecule has 0 spiro atoms. The van der Waals surface area contributed by atoms with Crippen LogP contribution in [0.4, 0.5) is 0 Å². The normalized spacial score (nSPS) is 11.8. The molecule has 2 heteroatoms. The predicted octanol–water partition coefficient (Wildman–Crippen LogP) is 13.3. The van der Waals surface area contributed by atoms with E-state index in [-0.39, 0.29) is 0 Å². The molecular weight excluding hydrogens is 585 g/mol. The zero-order valence-corrected chi connectivity index (χ0v) is 26.0. The van der Waals surface area contributed by atoms with Gasteiger partial charge in [0.15, 0.2) is 0 Å². The summed E-state index contributed by atoms with van der Waals surface area (Å²) in [7, 11) is 0. The quantitative estimate of drug-likeness (QED) is 0.185. The van der Waals surface area contributed by atoms with Gasteiger partial charge in [0.2, 0.25) is 0 Å². The maximum absolute atomic E-state index is 7.01. The maximum atomic E-state index is 7.01. The number of benzene rings is 8. The summed E-state index contributed by atoms with van der Waals surface area (Å²) in [6.45, 7) is 0. The Bertz CT molecular complexity index is 2750. The molecule has 0 aliphatic heterocycles. The van der Waals surface area contributed by atoms with Gasteiger partial charge in [0.25, 0.3) is 0 Å². The van der Waals surface area contributed by atoms with Gasteiger partial charge in [-0.15, -0.1) is 0 Å². The van der Waals surface area contributed by atoms with E-state index in [1.807, 2.05) is 12.1 Å². The van der Waals surface area contributed by atoms with Gasteiger partial charge in [-0.2, -0.15) is 0 Å². The van der Waals surface area contributed by atoms with Crippen molar-refractivity contribution in [2.75, 3.05) is 0 Å². The topological polar surface area (TPSA) is 26.3 Å². The van der Waals surface area contributed by atoms with E-state index < -0.39 is 0 Å². The average molecular weight is 613 g/mol. The largest absolute Gasteiger partial charge is 0.456 e. The van der Waals surface area contributed by atoms with E-state index in [4.69, 9.17) is 8.83 Å². The lowest BCUT2D eigenvalue weighted by Gasteiger charge is -2.17. The van der Waals surface area contributed by atoms with Crippen LogP contribution in [-0.4, -0.2) is 0 Å². The number of hydrogen-bond acceptors (Lipinski definition) is 2. The number of furan rings is 2. The second kappa shape index (κ2) is 10.6. The van der Waals surface area contributed by atoms with Gasteiger partial charge in [-0.3, -0.25) is 0 Å². The van der Waals surface area contributed by atoms with Gasteiger partial charge < -0.3 is 8.83 Å². The van der Waals surface area contributed by atoms with E-state index in [0.29, 0.717) is 0 Å². The lowest BCUT2D eigenvalue weighted by atomic mass is 9.86. The van der Waals surface area contributed by atoms with Crippen molar-refractivity contribution in [3.05, 3.63) is 170 Å². The standard InChI is InChI=1S/C46H28O2/c1-3-13-29(14-4-1)30-23-25-32(26-24-30)43-34-18-7-9-20-36(34)45(37-21-10-8-19-35(37)43)46-44(31-15-5-2-6-16-31)39-27-38-33-17-11-12-22-40(33)47-41(38)28-42(39)48-46/h1-28H. The Morgan fingerprint density at radius 2 is 0.708 bits per heavy atom. The summed E-state index contributed by atoms with van der Waals surface area (Å²) in [6.07, 6.45) is 0. The molecule has 10 aromatic rings. The first-order chi connectivity index (χ1) is 23.8. The molecule has 2 nitrogen and oxygen atoms in total. The Balaban J connectivity index is 1.28. The summed E-state index contributed by atoms with van der Waals surface area (Å²) in [5.41, 5.74) is 10.7. The molecule has 0 amide bonds. The molecule has 8 aromatic carbocycles. The molecule has 0 fully saturated rings. The van der Waals surface area contributed by atoms with Crippen molar-refractivity contribution in [3.63, 3.8) is 0 Å². The summed E-state index contributed by atoms with van der Waals surface area (Å²) < 4.78 is 13.3. The summed E-state index contributed by atoms with van der Waals surface area (Å²) in [5.74, 6) is 0.867. The molecule has 0 radical (unpaired) electrons. The van der Waals surface area contributed by atoms with Gasteiger partial charge in [0.1, 0.15) is 22.5 Å². The molecule has 0 bridgehead atoms. The van der Waals surface area contributed by atoms with Crippen LogP contribution in [0.15, 0.2) is 179 Å². The molecule has 0 aliphatic rings. The van der Waals surface area contributed by atoms with Gasteiger partial charge in [-0.25, -0.2) is 0 Å². The molecule has 0 unspecified atom stereocenters. The van der Waals surface area contributed by atoms with E-state index in [1.54, 1.807) is 0 Å². The molecule has 0 saturated carbocycles. The van der Waals surface area contributed by atoms with Crippen LogP contribution in [0.5, 0.6) is 0 Å². The minimum atomic E-state index is 0.809. The molecule has 0 N–H and O–H groups in total. The van der Waals surface area contributed by atoms with Crippen LogP contribution in [0.1, 0.15) is 0 Å². The van der Waals surface area contributed by atoms with Crippen LogP contribution in [-0.2, 0) is 0 Å². The number of hydrogen-bond donors (Lipinski definition) is 0. The van der Waals surface area contributed by atoms with E-state index in [1.165, 1.54) is 33.0 Å². The van der Waals surface area contributed by atoms with Crippen molar-refractivity contribution >= 4 is 54.5 Å². The molecule has 0 aliphatic carbocycles. The highest BCUT2D eigenvalue weighted by Gasteiger charge is 2.25. The van der Waals surface area contributed by atoms with Crippen LogP contribution >= 0.6 is 0 Å². The summed E-state index contributed by atoms with van der Waals surface area (Å²) in [4.78, 5) is 0. The number of rotatable bonds is 4. The Morgan fingerprint density at radius 3 is 1.35 bits per heavy atom. The molecule has 0 saturated heterocycles. The van der Waals surface area contributed by atoms with Gasteiger partial charge in [-0.05, 0) is 61.5 Å². The fourth-order valence-electron chi connectivity index (χ4n) is 7.53. The first-order valence-electron chi connectivity index (χ1n) is 16.3. The highest BCUT2D eigenvalue weighted by Crippen LogP contribution is 2.50. The third kappa shape index (κ3) is 4.06. The first kappa shape index (κ1) is 26.8. The van der Waals surface area contributed by atoms with Crippen molar-refractivity contribution in [1.82, 2.24) is 0 Å². The van der Waals surface area contributed by atoms with Crippen LogP contribution in [0.25, 0.3) is 99.2 Å². The summed E-state index contributed by atoms with van der Waals surface area (Å²) in [6, 6.07) is 60.2. The minimum absolute atomic E-state index is 0.809. The molecule has 2 heterocycles. The van der Waals surface area contributed by atoms with E-state index in [2.05, 4.69) is 158 Å². The summed E-state index contributed by atoms with van der Waals surface area (Å²) >= 11 is 0. The molecular formula is C46H28O2. The maximum Gasteiger partial charge on any atom is 0.144 e. The molecule has 0 atom stereocenters. The highest BCUT2D eigenvalue weighted by atomic mass is 16.3. The van der Waals surface area contributed by atoms with Crippen LogP contribution in [0, 0.1) is 0 Å². The molecule has 2 aromatic heterocycles. The zero-order valence-electron chi connectivity index (χ0n) is 26.0. The molecule has 48 heavy (non-hydrogen) atoms. The minimum Gasteiger partial charge on any atom is -0.456 e. The highest BCUT2D eigenvalue weighted by molar-refractivity contribution is 6.23. The zero-order chi connectivity index (χ0) is 31.6. The van der Waals surface area contributed by atoms with Crippen molar-refractivity contribution in [1.29, 1.82) is 0 Å². The molecule has 10 rings (SSSR count). The Hall–Kier alpha value is -6.38. The predicted molar refractivity (Wildman–Crippen MR) is 200 cm³/mol. The van der Waals surface area contributed by atoms with Gasteiger partial charge in [0.05, 0.1) is 0 Å². The fourth-order valence-corrected chi connectivity index (χ4v) is 7.53. The van der Waals surface area contributed by atoms with Crippen molar-refractivity contribution < 1.29 is 8.83 Å². The van der Waals surface area contributed by atoms with Crippen molar-refractivity contribution in [2.24, 2.45) is 0 Å². The lowest BCUT2D eigenvalue weighted by molar-refractivity contribution is 0.630. The van der Waals surface area contributed by atoms with Gasteiger partial charge in [0, 0.05) is 33.4 Å². The average Bonchev–Trinajstić information content (AvgIpc) is 3.71. The Kier molecular flexibility index (Phi) is 5.91. The van der Waals surface area contributed by atoms with Gasteiger partial charge in [-0.1, -0.05) is 152 Å². The smallest absolute Gasteiger partial charge is 0.144 e. The Labute approximate surface area is 277 Å².